The highest BCUT2D eigenvalue weighted by Gasteiger charge is 2.25. The Bertz CT molecular complexity index is 429. The lowest BCUT2D eigenvalue weighted by Crippen LogP contribution is -2.36. The van der Waals surface area contributed by atoms with Gasteiger partial charge in [0.2, 0.25) is 0 Å². The molecule has 1 saturated carbocycles. The minimum atomic E-state index is -0.112. The van der Waals surface area contributed by atoms with Gasteiger partial charge in [-0.25, -0.2) is 0 Å². The fourth-order valence-electron chi connectivity index (χ4n) is 2.89. The highest BCUT2D eigenvalue weighted by Crippen LogP contribution is 2.29. The van der Waals surface area contributed by atoms with Crippen molar-refractivity contribution < 1.29 is 0 Å². The van der Waals surface area contributed by atoms with Gasteiger partial charge in [0.25, 0.3) is 0 Å². The van der Waals surface area contributed by atoms with E-state index in [0.29, 0.717) is 6.04 Å². The SMILES string of the molecule is CSc1ccc(C(C#N)N(C)C2CCCCC2)cc1. The van der Waals surface area contributed by atoms with Gasteiger partial charge < -0.3 is 0 Å². The Morgan fingerprint density at radius 3 is 2.37 bits per heavy atom. The Morgan fingerprint density at radius 1 is 1.21 bits per heavy atom. The first-order chi connectivity index (χ1) is 9.26. The average Bonchev–Trinajstić information content (AvgIpc) is 2.49. The van der Waals surface area contributed by atoms with E-state index in [-0.39, 0.29) is 6.04 Å². The summed E-state index contributed by atoms with van der Waals surface area (Å²) in [4.78, 5) is 3.52. The van der Waals surface area contributed by atoms with Crippen LogP contribution in [0.3, 0.4) is 0 Å². The van der Waals surface area contributed by atoms with Crippen LogP contribution in [0, 0.1) is 11.3 Å². The maximum atomic E-state index is 9.51. The van der Waals surface area contributed by atoms with Gasteiger partial charge in [-0.1, -0.05) is 31.4 Å². The summed E-state index contributed by atoms with van der Waals surface area (Å²) in [6.07, 6.45) is 8.50. The summed E-state index contributed by atoms with van der Waals surface area (Å²) in [5.74, 6) is 0. The number of hydrogen-bond donors (Lipinski definition) is 0. The molecule has 102 valence electrons. The van der Waals surface area contributed by atoms with E-state index in [0.717, 1.165) is 5.56 Å². The van der Waals surface area contributed by atoms with Crippen LogP contribution in [0.4, 0.5) is 0 Å². The Morgan fingerprint density at radius 2 is 1.84 bits per heavy atom. The normalized spacial score (nSPS) is 18.2. The van der Waals surface area contributed by atoms with E-state index in [1.807, 2.05) is 0 Å². The maximum absolute atomic E-state index is 9.51. The smallest absolute Gasteiger partial charge is 0.123 e. The molecule has 0 N–H and O–H groups in total. The van der Waals surface area contributed by atoms with Crippen LogP contribution in [0.5, 0.6) is 0 Å². The molecule has 0 saturated heterocycles. The Labute approximate surface area is 120 Å². The van der Waals surface area contributed by atoms with Crippen LogP contribution in [0.15, 0.2) is 29.2 Å². The third-order valence-corrected chi connectivity index (χ3v) is 4.86. The second-order valence-corrected chi connectivity index (χ2v) is 6.14. The molecule has 2 nitrogen and oxygen atoms in total. The lowest BCUT2D eigenvalue weighted by molar-refractivity contribution is 0.164. The Balaban J connectivity index is 2.11. The summed E-state index contributed by atoms with van der Waals surface area (Å²) in [6, 6.07) is 11.3. The van der Waals surface area contributed by atoms with Crippen LogP contribution in [-0.2, 0) is 0 Å². The van der Waals surface area contributed by atoms with Gasteiger partial charge in [0, 0.05) is 10.9 Å². The number of nitrogens with zero attached hydrogens (tertiary/aromatic N) is 2. The second-order valence-electron chi connectivity index (χ2n) is 5.26. The zero-order valence-corrected chi connectivity index (χ0v) is 12.6. The van der Waals surface area contributed by atoms with Gasteiger partial charge >= 0.3 is 0 Å². The molecule has 2 rings (SSSR count). The Hall–Kier alpha value is -0.980. The van der Waals surface area contributed by atoms with E-state index in [1.54, 1.807) is 11.8 Å². The second kappa shape index (κ2) is 6.98. The van der Waals surface area contributed by atoms with Crippen molar-refractivity contribution in [2.24, 2.45) is 0 Å². The molecule has 19 heavy (non-hydrogen) atoms. The summed E-state index contributed by atoms with van der Waals surface area (Å²) in [5, 5.41) is 9.51. The summed E-state index contributed by atoms with van der Waals surface area (Å²) in [6.45, 7) is 0. The van der Waals surface area contributed by atoms with E-state index in [9.17, 15) is 5.26 Å². The van der Waals surface area contributed by atoms with Gasteiger partial charge in [0.15, 0.2) is 0 Å². The molecular weight excluding hydrogens is 252 g/mol. The summed E-state index contributed by atoms with van der Waals surface area (Å²) < 4.78 is 0. The number of thioether (sulfide) groups is 1. The monoisotopic (exact) mass is 274 g/mol. The molecule has 0 aliphatic heterocycles. The molecule has 0 aromatic heterocycles. The topological polar surface area (TPSA) is 27.0 Å². The van der Waals surface area contributed by atoms with Crippen molar-refractivity contribution in [1.29, 1.82) is 5.26 Å². The molecule has 1 aromatic rings. The fraction of sp³-hybridized carbons (Fsp3) is 0.562. The predicted molar refractivity (Wildman–Crippen MR) is 81.2 cm³/mol. The summed E-state index contributed by atoms with van der Waals surface area (Å²) in [7, 11) is 2.10. The van der Waals surface area contributed by atoms with Gasteiger partial charge in [0.1, 0.15) is 6.04 Å². The van der Waals surface area contributed by atoms with Crippen molar-refractivity contribution in [3.63, 3.8) is 0 Å². The van der Waals surface area contributed by atoms with Crippen molar-refractivity contribution in [1.82, 2.24) is 4.90 Å². The lowest BCUT2D eigenvalue weighted by atomic mass is 9.92. The summed E-state index contributed by atoms with van der Waals surface area (Å²) in [5.41, 5.74) is 1.12. The van der Waals surface area contributed by atoms with E-state index < -0.39 is 0 Å². The molecule has 0 heterocycles. The lowest BCUT2D eigenvalue weighted by Gasteiger charge is -2.34. The van der Waals surface area contributed by atoms with E-state index in [1.165, 1.54) is 37.0 Å². The van der Waals surface area contributed by atoms with Gasteiger partial charge in [0.05, 0.1) is 6.07 Å². The first kappa shape index (κ1) is 14.4. The zero-order valence-electron chi connectivity index (χ0n) is 11.8. The van der Waals surface area contributed by atoms with Crippen molar-refractivity contribution in [2.45, 2.75) is 49.1 Å². The third kappa shape index (κ3) is 3.52. The van der Waals surface area contributed by atoms with E-state index in [2.05, 4.69) is 48.5 Å². The molecule has 1 fully saturated rings. The van der Waals surface area contributed by atoms with Crippen LogP contribution < -0.4 is 0 Å². The van der Waals surface area contributed by atoms with Crippen molar-refractivity contribution in [3.05, 3.63) is 29.8 Å². The van der Waals surface area contributed by atoms with Crippen molar-refractivity contribution >= 4 is 11.8 Å². The molecule has 1 unspecified atom stereocenters. The number of nitriles is 1. The minimum absolute atomic E-state index is 0.112. The largest absolute Gasteiger partial charge is 0.284 e. The van der Waals surface area contributed by atoms with Gasteiger partial charge in [-0.05, 0) is 43.8 Å². The number of rotatable bonds is 4. The molecule has 1 aromatic carbocycles. The van der Waals surface area contributed by atoms with Gasteiger partial charge in [-0.3, -0.25) is 4.90 Å². The van der Waals surface area contributed by atoms with Crippen LogP contribution >= 0.6 is 11.8 Å². The molecular formula is C16H22N2S. The Kier molecular flexibility index (Phi) is 5.30. The number of hydrogen-bond acceptors (Lipinski definition) is 3. The number of benzene rings is 1. The fourth-order valence-corrected chi connectivity index (χ4v) is 3.29. The standard InChI is InChI=1S/C16H22N2S/c1-18(14-6-4-3-5-7-14)16(12-17)13-8-10-15(19-2)11-9-13/h8-11,14,16H,3-7H2,1-2H3. The van der Waals surface area contributed by atoms with Crippen molar-refractivity contribution in [2.75, 3.05) is 13.3 Å². The van der Waals surface area contributed by atoms with Crippen molar-refractivity contribution in [3.8, 4) is 6.07 Å². The highest BCUT2D eigenvalue weighted by molar-refractivity contribution is 7.98. The molecule has 1 aliphatic carbocycles. The molecule has 0 amide bonds. The first-order valence-electron chi connectivity index (χ1n) is 7.01. The molecule has 0 bridgehead atoms. The van der Waals surface area contributed by atoms with Crippen LogP contribution in [0.2, 0.25) is 0 Å². The molecule has 0 spiro atoms. The van der Waals surface area contributed by atoms with Crippen LogP contribution in [0.25, 0.3) is 0 Å². The van der Waals surface area contributed by atoms with Gasteiger partial charge in [-0.2, -0.15) is 5.26 Å². The highest BCUT2D eigenvalue weighted by atomic mass is 32.2. The van der Waals surface area contributed by atoms with Crippen LogP contribution in [0.1, 0.15) is 43.7 Å². The third-order valence-electron chi connectivity index (χ3n) is 4.11. The first-order valence-corrected chi connectivity index (χ1v) is 8.24. The minimum Gasteiger partial charge on any atom is -0.284 e. The summed E-state index contributed by atoms with van der Waals surface area (Å²) >= 11 is 1.74. The molecule has 3 heteroatoms. The average molecular weight is 274 g/mol. The van der Waals surface area contributed by atoms with E-state index in [4.69, 9.17) is 0 Å². The quantitative estimate of drug-likeness (QED) is 0.768. The zero-order chi connectivity index (χ0) is 13.7. The van der Waals surface area contributed by atoms with E-state index >= 15 is 0 Å². The maximum Gasteiger partial charge on any atom is 0.123 e. The molecule has 1 atom stereocenters. The molecule has 0 radical (unpaired) electrons. The van der Waals surface area contributed by atoms with Gasteiger partial charge in [-0.15, -0.1) is 11.8 Å². The molecule has 1 aliphatic rings. The van der Waals surface area contributed by atoms with Crippen LogP contribution in [-0.4, -0.2) is 24.2 Å². The predicted octanol–water partition coefficient (Wildman–Crippen LogP) is 4.24.